The fourth-order valence-corrected chi connectivity index (χ4v) is 3.71. The summed E-state index contributed by atoms with van der Waals surface area (Å²) in [5.74, 6) is 0.121. The molecule has 0 radical (unpaired) electrons. The van der Waals surface area contributed by atoms with E-state index in [0.717, 1.165) is 6.42 Å². The van der Waals surface area contributed by atoms with E-state index >= 15 is 0 Å². The van der Waals surface area contributed by atoms with Gasteiger partial charge in [0.2, 0.25) is 5.91 Å². The third-order valence-corrected chi connectivity index (χ3v) is 4.69. The Labute approximate surface area is 112 Å². The van der Waals surface area contributed by atoms with E-state index in [0.29, 0.717) is 24.4 Å². The lowest BCUT2D eigenvalue weighted by atomic mass is 9.84. The SMILES string of the molecule is O=C(CCn1cnnn1)NC1CCC2(CCCC2)C1. The van der Waals surface area contributed by atoms with Crippen LogP contribution >= 0.6 is 0 Å². The molecule has 0 aromatic carbocycles. The normalized spacial score (nSPS) is 24.9. The highest BCUT2D eigenvalue weighted by molar-refractivity contribution is 5.76. The number of carbonyl (C=O) groups excluding carboxylic acids is 1. The van der Waals surface area contributed by atoms with Crippen LogP contribution in [0.3, 0.4) is 0 Å². The second-order valence-corrected chi connectivity index (χ2v) is 6.04. The summed E-state index contributed by atoms with van der Waals surface area (Å²) in [6.07, 6.45) is 11.1. The second kappa shape index (κ2) is 5.27. The van der Waals surface area contributed by atoms with E-state index in [9.17, 15) is 4.79 Å². The van der Waals surface area contributed by atoms with Crippen molar-refractivity contribution in [1.82, 2.24) is 25.5 Å². The molecule has 0 bridgehead atoms. The molecule has 1 spiro atoms. The van der Waals surface area contributed by atoms with Crippen molar-refractivity contribution in [2.45, 2.75) is 64.0 Å². The molecule has 0 aliphatic heterocycles. The first-order valence-corrected chi connectivity index (χ1v) is 7.26. The van der Waals surface area contributed by atoms with Crippen LogP contribution in [0.2, 0.25) is 0 Å². The molecule has 19 heavy (non-hydrogen) atoms. The van der Waals surface area contributed by atoms with Crippen molar-refractivity contribution >= 4 is 5.91 Å². The van der Waals surface area contributed by atoms with Gasteiger partial charge in [-0.3, -0.25) is 4.79 Å². The van der Waals surface area contributed by atoms with Gasteiger partial charge in [0.05, 0.1) is 6.54 Å². The summed E-state index contributed by atoms with van der Waals surface area (Å²) in [5.41, 5.74) is 0.563. The van der Waals surface area contributed by atoms with Gasteiger partial charge in [0, 0.05) is 12.5 Å². The van der Waals surface area contributed by atoms with Gasteiger partial charge < -0.3 is 5.32 Å². The first-order valence-electron chi connectivity index (χ1n) is 7.26. The van der Waals surface area contributed by atoms with Gasteiger partial charge in [0.15, 0.2) is 0 Å². The molecule has 1 amide bonds. The molecule has 6 heteroatoms. The van der Waals surface area contributed by atoms with E-state index in [2.05, 4.69) is 20.8 Å². The summed E-state index contributed by atoms with van der Waals surface area (Å²) >= 11 is 0. The molecule has 2 aliphatic rings. The molecule has 2 fully saturated rings. The zero-order valence-corrected chi connectivity index (χ0v) is 11.2. The Bertz CT molecular complexity index is 424. The minimum absolute atomic E-state index is 0.121. The van der Waals surface area contributed by atoms with Crippen LogP contribution in [-0.4, -0.2) is 32.2 Å². The minimum Gasteiger partial charge on any atom is -0.353 e. The van der Waals surface area contributed by atoms with E-state index in [1.807, 2.05) is 0 Å². The zero-order chi connectivity index (χ0) is 13.1. The maximum Gasteiger partial charge on any atom is 0.222 e. The Morgan fingerprint density at radius 2 is 2.21 bits per heavy atom. The molecule has 1 aromatic rings. The smallest absolute Gasteiger partial charge is 0.222 e. The van der Waals surface area contributed by atoms with E-state index < -0.39 is 0 Å². The van der Waals surface area contributed by atoms with Gasteiger partial charge >= 0.3 is 0 Å². The number of amides is 1. The molecule has 1 atom stereocenters. The fourth-order valence-electron chi connectivity index (χ4n) is 3.71. The van der Waals surface area contributed by atoms with Crippen LogP contribution in [-0.2, 0) is 11.3 Å². The maximum atomic E-state index is 11.9. The van der Waals surface area contributed by atoms with Gasteiger partial charge in [-0.15, -0.1) is 5.10 Å². The summed E-state index contributed by atoms with van der Waals surface area (Å²) in [4.78, 5) is 11.9. The third kappa shape index (κ3) is 2.93. The van der Waals surface area contributed by atoms with Crippen LogP contribution in [0.1, 0.15) is 51.4 Å². The second-order valence-electron chi connectivity index (χ2n) is 6.04. The highest BCUT2D eigenvalue weighted by Gasteiger charge is 2.41. The van der Waals surface area contributed by atoms with Gasteiger partial charge in [-0.1, -0.05) is 12.8 Å². The fraction of sp³-hybridized carbons (Fsp3) is 0.846. The van der Waals surface area contributed by atoms with E-state index in [-0.39, 0.29) is 5.91 Å². The first-order chi connectivity index (χ1) is 9.26. The molecule has 104 valence electrons. The highest BCUT2D eigenvalue weighted by atomic mass is 16.1. The summed E-state index contributed by atoms with van der Waals surface area (Å²) in [7, 11) is 0. The van der Waals surface area contributed by atoms with Crippen LogP contribution in [0.25, 0.3) is 0 Å². The molecular weight excluding hydrogens is 242 g/mol. The standard InChI is InChI=1S/C13H21N5O/c19-12(4-8-18-10-14-16-17-18)15-11-3-7-13(9-11)5-1-2-6-13/h10-11H,1-9H2,(H,15,19). The number of hydrogen-bond donors (Lipinski definition) is 1. The van der Waals surface area contributed by atoms with Crippen LogP contribution in [0.4, 0.5) is 0 Å². The lowest BCUT2D eigenvalue weighted by molar-refractivity contribution is -0.122. The number of tetrazole rings is 1. The number of carbonyl (C=O) groups is 1. The van der Waals surface area contributed by atoms with Crippen molar-refractivity contribution in [3.05, 3.63) is 6.33 Å². The molecule has 2 saturated carbocycles. The number of rotatable bonds is 4. The van der Waals surface area contributed by atoms with Crippen molar-refractivity contribution in [3.63, 3.8) is 0 Å². The van der Waals surface area contributed by atoms with Gasteiger partial charge in [0.25, 0.3) is 0 Å². The maximum absolute atomic E-state index is 11.9. The summed E-state index contributed by atoms with van der Waals surface area (Å²) < 4.78 is 1.59. The number of aryl methyl sites for hydroxylation is 1. The van der Waals surface area contributed by atoms with Crippen molar-refractivity contribution < 1.29 is 4.79 Å². The summed E-state index contributed by atoms with van der Waals surface area (Å²) in [6.45, 7) is 0.552. The molecule has 6 nitrogen and oxygen atoms in total. The topological polar surface area (TPSA) is 72.7 Å². The molecule has 0 saturated heterocycles. The van der Waals surface area contributed by atoms with Crippen molar-refractivity contribution in [3.8, 4) is 0 Å². The quantitative estimate of drug-likeness (QED) is 0.888. The van der Waals surface area contributed by atoms with Gasteiger partial charge in [0.1, 0.15) is 6.33 Å². The zero-order valence-electron chi connectivity index (χ0n) is 11.2. The summed E-state index contributed by atoms with van der Waals surface area (Å²) in [5, 5.41) is 14.0. The predicted octanol–water partition coefficient (Wildman–Crippen LogP) is 1.29. The number of aromatic nitrogens is 4. The minimum atomic E-state index is 0.121. The van der Waals surface area contributed by atoms with E-state index in [1.165, 1.54) is 44.9 Å². The number of hydrogen-bond acceptors (Lipinski definition) is 4. The Balaban J connectivity index is 1.43. The molecule has 1 unspecified atom stereocenters. The number of nitrogens with zero attached hydrogens (tertiary/aromatic N) is 4. The van der Waals surface area contributed by atoms with Crippen molar-refractivity contribution in [2.75, 3.05) is 0 Å². The van der Waals surface area contributed by atoms with Gasteiger partial charge in [-0.2, -0.15) is 0 Å². The van der Waals surface area contributed by atoms with Crippen LogP contribution in [0.5, 0.6) is 0 Å². The van der Waals surface area contributed by atoms with Crippen LogP contribution in [0, 0.1) is 5.41 Å². The first kappa shape index (κ1) is 12.6. The van der Waals surface area contributed by atoms with Crippen molar-refractivity contribution in [2.24, 2.45) is 5.41 Å². The summed E-state index contributed by atoms with van der Waals surface area (Å²) in [6, 6.07) is 0.388. The Kier molecular flexibility index (Phi) is 3.48. The van der Waals surface area contributed by atoms with E-state index in [1.54, 1.807) is 4.68 Å². The van der Waals surface area contributed by atoms with Crippen LogP contribution in [0.15, 0.2) is 6.33 Å². The Morgan fingerprint density at radius 3 is 2.95 bits per heavy atom. The predicted molar refractivity (Wildman–Crippen MR) is 69.1 cm³/mol. The molecule has 1 heterocycles. The van der Waals surface area contributed by atoms with E-state index in [4.69, 9.17) is 0 Å². The Morgan fingerprint density at radius 1 is 1.37 bits per heavy atom. The average Bonchev–Trinajstić information content (AvgIpc) is 3.12. The lowest BCUT2D eigenvalue weighted by Crippen LogP contribution is -2.34. The number of nitrogens with one attached hydrogen (secondary N) is 1. The van der Waals surface area contributed by atoms with Crippen LogP contribution < -0.4 is 5.32 Å². The van der Waals surface area contributed by atoms with Crippen molar-refractivity contribution in [1.29, 1.82) is 0 Å². The molecule has 1 N–H and O–H groups in total. The Hall–Kier alpha value is -1.46. The molecule has 2 aliphatic carbocycles. The van der Waals surface area contributed by atoms with Gasteiger partial charge in [-0.25, -0.2) is 4.68 Å². The lowest BCUT2D eigenvalue weighted by Gasteiger charge is -2.22. The molecular formula is C13H21N5O. The van der Waals surface area contributed by atoms with Gasteiger partial charge in [-0.05, 0) is 47.9 Å². The highest BCUT2D eigenvalue weighted by Crippen LogP contribution is 2.50. The molecule has 3 rings (SSSR count). The largest absolute Gasteiger partial charge is 0.353 e. The third-order valence-electron chi connectivity index (χ3n) is 4.69. The molecule has 1 aromatic heterocycles. The monoisotopic (exact) mass is 263 g/mol. The average molecular weight is 263 g/mol.